The fourth-order valence-corrected chi connectivity index (χ4v) is 2.24. The predicted molar refractivity (Wildman–Crippen MR) is 50.5 cm³/mol. The Labute approximate surface area is 79.5 Å². The summed E-state index contributed by atoms with van der Waals surface area (Å²) in [7, 11) is 0. The number of amides is 1. The van der Waals surface area contributed by atoms with Crippen LogP contribution in [-0.2, 0) is 4.79 Å². The third-order valence-corrected chi connectivity index (χ3v) is 2.99. The lowest BCUT2D eigenvalue weighted by Crippen LogP contribution is -2.48. The van der Waals surface area contributed by atoms with E-state index in [0.29, 0.717) is 11.9 Å². The van der Waals surface area contributed by atoms with Crippen molar-refractivity contribution >= 4 is 5.91 Å². The van der Waals surface area contributed by atoms with E-state index >= 15 is 0 Å². The second-order valence-electron chi connectivity index (χ2n) is 3.97. The van der Waals surface area contributed by atoms with Gasteiger partial charge < -0.3 is 4.90 Å². The Balaban J connectivity index is 1.92. The number of hydrogen-bond acceptors (Lipinski definition) is 1. The van der Waals surface area contributed by atoms with E-state index in [1.54, 1.807) is 0 Å². The van der Waals surface area contributed by atoms with E-state index in [1.807, 2.05) is 0 Å². The van der Waals surface area contributed by atoms with Gasteiger partial charge in [0.15, 0.2) is 0 Å². The molecule has 0 bridgehead atoms. The molecule has 2 aliphatic rings. The second kappa shape index (κ2) is 4.09. The summed E-state index contributed by atoms with van der Waals surface area (Å²) in [5.41, 5.74) is 0. The zero-order valence-corrected chi connectivity index (χ0v) is 8.04. The Hall–Kier alpha value is -0.570. The first kappa shape index (κ1) is 9.00. The molecule has 2 fully saturated rings. The third-order valence-electron chi connectivity index (χ3n) is 2.99. The Morgan fingerprint density at radius 3 is 2.92 bits per heavy atom. The van der Waals surface area contributed by atoms with Gasteiger partial charge in [-0.1, -0.05) is 0 Å². The van der Waals surface area contributed by atoms with Gasteiger partial charge in [0.1, 0.15) is 0 Å². The van der Waals surface area contributed by atoms with Crippen molar-refractivity contribution in [2.24, 2.45) is 0 Å². The Kier molecular flexibility index (Phi) is 2.83. The van der Waals surface area contributed by atoms with E-state index < -0.39 is 0 Å². The lowest BCUT2D eigenvalue weighted by atomic mass is 10.0. The molecular weight excluding hydrogens is 164 g/mol. The quantitative estimate of drug-likeness (QED) is 0.588. The smallest absolute Gasteiger partial charge is 0.222 e. The van der Waals surface area contributed by atoms with Crippen LogP contribution < -0.4 is 5.32 Å². The second-order valence-corrected chi connectivity index (χ2v) is 3.97. The van der Waals surface area contributed by atoms with Crippen LogP contribution in [-0.4, -0.2) is 36.5 Å². The largest absolute Gasteiger partial charge is 0.338 e. The first-order valence-electron chi connectivity index (χ1n) is 5.30. The summed E-state index contributed by atoms with van der Waals surface area (Å²) in [5.74, 6) is 0.355. The summed E-state index contributed by atoms with van der Waals surface area (Å²) >= 11 is 0. The van der Waals surface area contributed by atoms with Gasteiger partial charge in [-0.15, -0.1) is 0 Å². The zero-order valence-electron chi connectivity index (χ0n) is 8.04. The molecule has 0 unspecified atom stereocenters. The van der Waals surface area contributed by atoms with Crippen LogP contribution in [0.15, 0.2) is 0 Å². The fourth-order valence-electron chi connectivity index (χ4n) is 2.24. The lowest BCUT2D eigenvalue weighted by Gasteiger charge is -2.36. The van der Waals surface area contributed by atoms with E-state index in [0.717, 1.165) is 45.3 Å². The van der Waals surface area contributed by atoms with Crippen LogP contribution in [0, 0.1) is 0 Å². The molecule has 0 N–H and O–H groups in total. The molecule has 0 aromatic rings. The van der Waals surface area contributed by atoms with E-state index in [1.165, 1.54) is 6.42 Å². The van der Waals surface area contributed by atoms with Gasteiger partial charge in [0, 0.05) is 32.1 Å². The molecule has 0 saturated carbocycles. The van der Waals surface area contributed by atoms with Gasteiger partial charge >= 0.3 is 0 Å². The van der Waals surface area contributed by atoms with Gasteiger partial charge in [0.2, 0.25) is 5.91 Å². The maximum absolute atomic E-state index is 11.6. The minimum absolute atomic E-state index is 0.355. The highest BCUT2D eigenvalue weighted by Gasteiger charge is 2.27. The molecule has 2 heterocycles. The molecule has 3 heteroatoms. The Morgan fingerprint density at radius 1 is 1.31 bits per heavy atom. The van der Waals surface area contributed by atoms with Crippen molar-refractivity contribution in [3.63, 3.8) is 0 Å². The molecular formula is C10H17N2O. The van der Waals surface area contributed by atoms with Crippen molar-refractivity contribution < 1.29 is 4.79 Å². The zero-order chi connectivity index (χ0) is 9.10. The van der Waals surface area contributed by atoms with Gasteiger partial charge in [0.05, 0.1) is 0 Å². The van der Waals surface area contributed by atoms with Crippen molar-refractivity contribution in [1.29, 1.82) is 0 Å². The van der Waals surface area contributed by atoms with E-state index in [9.17, 15) is 4.79 Å². The number of piperidine rings is 2. The number of likely N-dealkylation sites (tertiary alicyclic amines) is 1. The highest BCUT2D eigenvalue weighted by molar-refractivity contribution is 5.77. The molecule has 0 spiro atoms. The highest BCUT2D eigenvalue weighted by Crippen LogP contribution is 2.18. The predicted octanol–water partition coefficient (Wildman–Crippen LogP) is 0.766. The van der Waals surface area contributed by atoms with E-state index in [2.05, 4.69) is 10.2 Å². The van der Waals surface area contributed by atoms with Crippen molar-refractivity contribution in [2.45, 2.75) is 38.1 Å². The van der Waals surface area contributed by atoms with Crippen LogP contribution in [0.3, 0.4) is 0 Å². The van der Waals surface area contributed by atoms with Crippen LogP contribution in [0.1, 0.15) is 32.1 Å². The maximum atomic E-state index is 11.6. The van der Waals surface area contributed by atoms with Crippen molar-refractivity contribution in [1.82, 2.24) is 10.2 Å². The lowest BCUT2D eigenvalue weighted by molar-refractivity contribution is -0.136. The summed E-state index contributed by atoms with van der Waals surface area (Å²) in [5, 5.41) is 4.37. The maximum Gasteiger partial charge on any atom is 0.222 e. The van der Waals surface area contributed by atoms with Crippen LogP contribution >= 0.6 is 0 Å². The van der Waals surface area contributed by atoms with Gasteiger partial charge in [0.25, 0.3) is 0 Å². The van der Waals surface area contributed by atoms with Crippen LogP contribution in [0.25, 0.3) is 0 Å². The molecule has 3 nitrogen and oxygen atoms in total. The molecule has 0 aromatic carbocycles. The molecule has 0 aromatic heterocycles. The minimum atomic E-state index is 0.355. The monoisotopic (exact) mass is 181 g/mol. The molecule has 1 atom stereocenters. The van der Waals surface area contributed by atoms with Crippen LogP contribution in [0.2, 0.25) is 0 Å². The summed E-state index contributed by atoms with van der Waals surface area (Å²) in [6.07, 6.45) is 5.35. The molecule has 1 amide bonds. The summed E-state index contributed by atoms with van der Waals surface area (Å²) in [6, 6.07) is 0.432. The number of rotatable bonds is 1. The average Bonchev–Trinajstić information content (AvgIpc) is 2.20. The number of carbonyl (C=O) groups excluding carboxylic acids is 1. The van der Waals surface area contributed by atoms with E-state index in [4.69, 9.17) is 0 Å². The summed E-state index contributed by atoms with van der Waals surface area (Å²) in [4.78, 5) is 13.6. The first-order valence-corrected chi connectivity index (χ1v) is 5.30. The number of hydrogen-bond donors (Lipinski definition) is 0. The van der Waals surface area contributed by atoms with E-state index in [-0.39, 0.29) is 0 Å². The molecule has 73 valence electrons. The minimum Gasteiger partial charge on any atom is -0.338 e. The fraction of sp³-hybridized carbons (Fsp3) is 0.900. The van der Waals surface area contributed by atoms with Gasteiger partial charge in [-0.2, -0.15) is 0 Å². The van der Waals surface area contributed by atoms with Crippen molar-refractivity contribution in [3.05, 3.63) is 0 Å². The molecule has 2 rings (SSSR count). The standard InChI is InChI=1S/C10H17N2O/c13-10-5-1-2-7-12(10)9-4-3-6-11-8-9/h9H,1-8H2/t9-/m1/s1. The van der Waals surface area contributed by atoms with Crippen LogP contribution in [0.5, 0.6) is 0 Å². The first-order chi connectivity index (χ1) is 6.38. The molecule has 2 aliphatic heterocycles. The number of carbonyl (C=O) groups is 1. The molecule has 13 heavy (non-hydrogen) atoms. The average molecular weight is 181 g/mol. The van der Waals surface area contributed by atoms with Crippen molar-refractivity contribution in [2.75, 3.05) is 19.6 Å². The van der Waals surface area contributed by atoms with Gasteiger partial charge in [-0.05, 0) is 25.7 Å². The van der Waals surface area contributed by atoms with Gasteiger partial charge in [-0.25, -0.2) is 5.32 Å². The molecule has 1 radical (unpaired) electrons. The van der Waals surface area contributed by atoms with Crippen molar-refractivity contribution in [3.8, 4) is 0 Å². The SMILES string of the molecule is O=C1CCCCN1[C@@H]1CCC[N]C1. The highest BCUT2D eigenvalue weighted by atomic mass is 16.2. The summed E-state index contributed by atoms with van der Waals surface area (Å²) < 4.78 is 0. The summed E-state index contributed by atoms with van der Waals surface area (Å²) in [6.45, 7) is 2.85. The van der Waals surface area contributed by atoms with Gasteiger partial charge in [-0.3, -0.25) is 4.79 Å². The topological polar surface area (TPSA) is 34.4 Å². The Bertz CT molecular complexity index is 187. The molecule has 0 aliphatic carbocycles. The third kappa shape index (κ3) is 2.02. The Morgan fingerprint density at radius 2 is 2.23 bits per heavy atom. The normalized spacial score (nSPS) is 30.6. The van der Waals surface area contributed by atoms with Crippen LogP contribution in [0.4, 0.5) is 0 Å². The molecule has 2 saturated heterocycles. The number of nitrogens with zero attached hydrogens (tertiary/aromatic N) is 2.